The molecule has 0 unspecified atom stereocenters. The molecule has 0 saturated carbocycles. The van der Waals surface area contributed by atoms with Gasteiger partial charge in [-0.25, -0.2) is 4.39 Å². The second-order valence-electron chi connectivity index (χ2n) is 3.40. The Hall–Kier alpha value is -1.98. The van der Waals surface area contributed by atoms with Crippen LogP contribution in [0.25, 0.3) is 0 Å². The van der Waals surface area contributed by atoms with Crippen molar-refractivity contribution in [2.45, 2.75) is 13.8 Å². The van der Waals surface area contributed by atoms with Crippen molar-refractivity contribution in [3.8, 4) is 0 Å². The molecule has 5 nitrogen and oxygen atoms in total. The largest absolute Gasteiger partial charge is 0.339 e. The number of carbonyl (C=O) groups is 1. The number of nitrogens with zero attached hydrogens (tertiary/aromatic N) is 2. The first-order valence-corrected chi connectivity index (χ1v) is 5.24. The molecule has 1 aromatic carbocycles. The van der Waals surface area contributed by atoms with Gasteiger partial charge in [0.25, 0.3) is 11.6 Å². The van der Waals surface area contributed by atoms with E-state index in [1.54, 1.807) is 13.8 Å². The summed E-state index contributed by atoms with van der Waals surface area (Å²) >= 11 is 0. The molecule has 0 spiro atoms. The van der Waals surface area contributed by atoms with Gasteiger partial charge in [-0.15, -0.1) is 0 Å². The predicted molar refractivity (Wildman–Crippen MR) is 60.3 cm³/mol. The average Bonchev–Trinajstić information content (AvgIpc) is 2.30. The fourth-order valence-corrected chi connectivity index (χ4v) is 1.47. The van der Waals surface area contributed by atoms with Crippen LogP contribution in [0.15, 0.2) is 18.2 Å². The maximum atomic E-state index is 13.4. The Morgan fingerprint density at radius 3 is 2.47 bits per heavy atom. The lowest BCUT2D eigenvalue weighted by atomic mass is 10.1. The van der Waals surface area contributed by atoms with Crippen molar-refractivity contribution in [2.75, 3.05) is 13.1 Å². The van der Waals surface area contributed by atoms with Gasteiger partial charge in [0.05, 0.1) is 10.5 Å². The lowest BCUT2D eigenvalue weighted by Gasteiger charge is -2.18. The molecule has 0 aromatic heterocycles. The zero-order valence-electron chi connectivity index (χ0n) is 9.64. The first-order valence-electron chi connectivity index (χ1n) is 5.24. The van der Waals surface area contributed by atoms with Crippen molar-refractivity contribution in [3.63, 3.8) is 0 Å². The number of hydrogen-bond donors (Lipinski definition) is 0. The minimum atomic E-state index is -0.743. The van der Waals surface area contributed by atoms with Crippen LogP contribution in [-0.4, -0.2) is 28.8 Å². The minimum Gasteiger partial charge on any atom is -0.339 e. The lowest BCUT2D eigenvalue weighted by Crippen LogP contribution is -2.31. The summed E-state index contributed by atoms with van der Waals surface area (Å²) in [5.74, 6) is -1.27. The van der Waals surface area contributed by atoms with E-state index in [1.807, 2.05) is 0 Å². The van der Waals surface area contributed by atoms with E-state index >= 15 is 0 Å². The highest BCUT2D eigenvalue weighted by Gasteiger charge is 2.20. The van der Waals surface area contributed by atoms with Crippen molar-refractivity contribution >= 4 is 11.6 Å². The van der Waals surface area contributed by atoms with Crippen LogP contribution in [0.4, 0.5) is 10.1 Å². The Morgan fingerprint density at radius 1 is 1.41 bits per heavy atom. The lowest BCUT2D eigenvalue weighted by molar-refractivity contribution is -0.384. The Balaban J connectivity index is 3.16. The molecule has 0 heterocycles. The van der Waals surface area contributed by atoms with Crippen molar-refractivity contribution < 1.29 is 14.1 Å². The van der Waals surface area contributed by atoms with Gasteiger partial charge in [-0.2, -0.15) is 0 Å². The number of nitro groups is 1. The number of nitro benzene ring substituents is 1. The van der Waals surface area contributed by atoms with E-state index in [-0.39, 0.29) is 11.3 Å². The van der Waals surface area contributed by atoms with Crippen LogP contribution in [0.1, 0.15) is 24.2 Å². The van der Waals surface area contributed by atoms with Crippen molar-refractivity contribution in [1.29, 1.82) is 0 Å². The molecule has 0 atom stereocenters. The van der Waals surface area contributed by atoms with Crippen LogP contribution < -0.4 is 0 Å². The monoisotopic (exact) mass is 240 g/mol. The topological polar surface area (TPSA) is 63.5 Å². The van der Waals surface area contributed by atoms with E-state index in [0.717, 1.165) is 18.2 Å². The molecule has 0 bridgehead atoms. The van der Waals surface area contributed by atoms with Gasteiger partial charge in [-0.05, 0) is 19.9 Å². The molecule has 6 heteroatoms. The zero-order valence-corrected chi connectivity index (χ0v) is 9.64. The zero-order chi connectivity index (χ0) is 13.0. The molecule has 1 aromatic rings. The fourth-order valence-electron chi connectivity index (χ4n) is 1.47. The molecule has 0 aliphatic rings. The highest BCUT2D eigenvalue weighted by molar-refractivity contribution is 5.95. The third-order valence-electron chi connectivity index (χ3n) is 2.44. The Bertz CT molecular complexity index is 444. The highest BCUT2D eigenvalue weighted by Crippen LogP contribution is 2.18. The maximum absolute atomic E-state index is 13.4. The Labute approximate surface area is 98.0 Å². The van der Waals surface area contributed by atoms with Gasteiger partial charge in [0.2, 0.25) is 0 Å². The van der Waals surface area contributed by atoms with Gasteiger partial charge >= 0.3 is 0 Å². The minimum absolute atomic E-state index is 0.261. The van der Waals surface area contributed by atoms with E-state index in [2.05, 4.69) is 0 Å². The SMILES string of the molecule is CCN(CC)C(=O)c1cc([N+](=O)[O-])ccc1F. The second kappa shape index (κ2) is 5.38. The standard InChI is InChI=1S/C11H13FN2O3/c1-3-13(4-2)11(15)9-7-8(14(16)17)5-6-10(9)12/h5-7H,3-4H2,1-2H3. The smallest absolute Gasteiger partial charge is 0.270 e. The van der Waals surface area contributed by atoms with Crippen molar-refractivity contribution in [1.82, 2.24) is 4.90 Å². The van der Waals surface area contributed by atoms with E-state index in [4.69, 9.17) is 0 Å². The van der Waals surface area contributed by atoms with E-state index in [0.29, 0.717) is 13.1 Å². The summed E-state index contributed by atoms with van der Waals surface area (Å²) in [5, 5.41) is 10.6. The molecule has 0 N–H and O–H groups in total. The number of amides is 1. The van der Waals surface area contributed by atoms with Crippen molar-refractivity contribution in [3.05, 3.63) is 39.7 Å². The molecule has 0 radical (unpaired) electrons. The molecular formula is C11H13FN2O3. The fraction of sp³-hybridized carbons (Fsp3) is 0.364. The van der Waals surface area contributed by atoms with Gasteiger partial charge in [-0.1, -0.05) is 0 Å². The number of hydrogen-bond acceptors (Lipinski definition) is 3. The third-order valence-corrected chi connectivity index (χ3v) is 2.44. The second-order valence-corrected chi connectivity index (χ2v) is 3.40. The predicted octanol–water partition coefficient (Wildman–Crippen LogP) is 2.22. The van der Waals surface area contributed by atoms with E-state index in [1.165, 1.54) is 4.90 Å². The van der Waals surface area contributed by atoms with Crippen molar-refractivity contribution in [2.24, 2.45) is 0 Å². The van der Waals surface area contributed by atoms with Gasteiger partial charge in [0.15, 0.2) is 0 Å². The first kappa shape index (κ1) is 13.1. The summed E-state index contributed by atoms with van der Waals surface area (Å²) in [6.45, 7) is 4.38. The van der Waals surface area contributed by atoms with Crippen LogP contribution >= 0.6 is 0 Å². The summed E-state index contributed by atoms with van der Waals surface area (Å²) in [4.78, 5) is 23.2. The summed E-state index contributed by atoms with van der Waals surface area (Å²) in [6.07, 6.45) is 0. The van der Waals surface area contributed by atoms with E-state index < -0.39 is 16.6 Å². The van der Waals surface area contributed by atoms with Gasteiger partial charge in [0, 0.05) is 25.2 Å². The van der Waals surface area contributed by atoms with Crippen LogP contribution in [0.3, 0.4) is 0 Å². The molecule has 0 saturated heterocycles. The molecule has 0 fully saturated rings. The van der Waals surface area contributed by atoms with Gasteiger partial charge in [0.1, 0.15) is 5.82 Å². The molecule has 17 heavy (non-hydrogen) atoms. The van der Waals surface area contributed by atoms with Crippen LogP contribution in [0.2, 0.25) is 0 Å². The van der Waals surface area contributed by atoms with Gasteiger partial charge < -0.3 is 4.90 Å². The maximum Gasteiger partial charge on any atom is 0.270 e. The molecule has 1 amide bonds. The number of halogens is 1. The van der Waals surface area contributed by atoms with Gasteiger partial charge in [-0.3, -0.25) is 14.9 Å². The number of carbonyl (C=O) groups excluding carboxylic acids is 1. The Kier molecular flexibility index (Phi) is 4.14. The molecule has 0 aliphatic heterocycles. The average molecular weight is 240 g/mol. The first-order chi connectivity index (χ1) is 8.01. The molecule has 1 rings (SSSR count). The van der Waals surface area contributed by atoms with Crippen LogP contribution in [0, 0.1) is 15.9 Å². The molecular weight excluding hydrogens is 227 g/mol. The molecule has 92 valence electrons. The summed E-state index contributed by atoms with van der Waals surface area (Å²) < 4.78 is 13.4. The van der Waals surface area contributed by atoms with E-state index in [9.17, 15) is 19.3 Å². The normalized spacial score (nSPS) is 10.1. The molecule has 0 aliphatic carbocycles. The number of benzene rings is 1. The number of rotatable bonds is 4. The van der Waals surface area contributed by atoms with Crippen LogP contribution in [-0.2, 0) is 0 Å². The summed E-state index contributed by atoms with van der Waals surface area (Å²) in [6, 6.07) is 2.94. The number of non-ortho nitro benzene ring substituents is 1. The summed E-state index contributed by atoms with van der Waals surface area (Å²) in [5.41, 5.74) is -0.551. The van der Waals surface area contributed by atoms with Crippen LogP contribution in [0.5, 0.6) is 0 Å². The quantitative estimate of drug-likeness (QED) is 0.598. The Morgan fingerprint density at radius 2 is 2.00 bits per heavy atom. The summed E-state index contributed by atoms with van der Waals surface area (Å²) in [7, 11) is 0. The highest BCUT2D eigenvalue weighted by atomic mass is 19.1. The third kappa shape index (κ3) is 2.77.